The molecule has 2 N–H and O–H groups in total. The van der Waals surface area contributed by atoms with E-state index < -0.39 is 11.8 Å². The SMILES string of the molecule is CCN(CC)c1ccc(C(=O)NNC(=O)CCC(=O)c2ccc(C)c(C)c2)cc1. The maximum Gasteiger partial charge on any atom is 0.269 e. The van der Waals surface area contributed by atoms with E-state index in [1.807, 2.05) is 38.1 Å². The van der Waals surface area contributed by atoms with E-state index in [0.29, 0.717) is 11.1 Å². The summed E-state index contributed by atoms with van der Waals surface area (Å²) in [4.78, 5) is 38.6. The lowest BCUT2D eigenvalue weighted by Gasteiger charge is -2.21. The van der Waals surface area contributed by atoms with Crippen molar-refractivity contribution in [3.8, 4) is 0 Å². The fourth-order valence-corrected chi connectivity index (χ4v) is 2.96. The van der Waals surface area contributed by atoms with Crippen LogP contribution in [0.25, 0.3) is 0 Å². The number of aryl methyl sites for hydroxylation is 2. The zero-order chi connectivity index (χ0) is 21.4. The topological polar surface area (TPSA) is 78.5 Å². The smallest absolute Gasteiger partial charge is 0.269 e. The molecule has 154 valence electrons. The highest BCUT2D eigenvalue weighted by molar-refractivity contribution is 5.99. The van der Waals surface area contributed by atoms with Crippen molar-refractivity contribution < 1.29 is 14.4 Å². The van der Waals surface area contributed by atoms with Crippen molar-refractivity contribution in [1.82, 2.24) is 10.9 Å². The highest BCUT2D eigenvalue weighted by atomic mass is 16.2. The summed E-state index contributed by atoms with van der Waals surface area (Å²) < 4.78 is 0. The molecule has 2 aromatic rings. The van der Waals surface area contributed by atoms with Crippen LogP contribution < -0.4 is 15.8 Å². The van der Waals surface area contributed by atoms with Crippen LogP contribution in [0.3, 0.4) is 0 Å². The highest BCUT2D eigenvalue weighted by Gasteiger charge is 2.12. The second-order valence-corrected chi connectivity index (χ2v) is 6.94. The molecule has 2 amide bonds. The number of ketones is 1. The van der Waals surface area contributed by atoms with Gasteiger partial charge in [0.15, 0.2) is 5.78 Å². The van der Waals surface area contributed by atoms with Crippen molar-refractivity contribution in [2.45, 2.75) is 40.5 Å². The summed E-state index contributed by atoms with van der Waals surface area (Å²) >= 11 is 0. The maximum absolute atomic E-state index is 12.2. The number of benzene rings is 2. The number of carbonyl (C=O) groups excluding carboxylic acids is 3. The number of hydrazine groups is 1. The van der Waals surface area contributed by atoms with Crippen LogP contribution in [0.5, 0.6) is 0 Å². The summed E-state index contributed by atoms with van der Waals surface area (Å²) in [7, 11) is 0. The predicted octanol–water partition coefficient (Wildman–Crippen LogP) is 3.57. The Morgan fingerprint density at radius 3 is 2.00 bits per heavy atom. The maximum atomic E-state index is 12.2. The number of Topliss-reactive ketones (excluding diaryl/α,β-unsaturated/α-hetero) is 1. The first-order valence-corrected chi connectivity index (χ1v) is 9.90. The monoisotopic (exact) mass is 395 g/mol. The first kappa shape index (κ1) is 22.1. The lowest BCUT2D eigenvalue weighted by Crippen LogP contribution is -2.41. The Bertz CT molecular complexity index is 871. The van der Waals surface area contributed by atoms with Crippen LogP contribution in [0, 0.1) is 13.8 Å². The summed E-state index contributed by atoms with van der Waals surface area (Å²) in [5.41, 5.74) is 9.01. The molecule has 29 heavy (non-hydrogen) atoms. The van der Waals surface area contributed by atoms with Gasteiger partial charge in [0.25, 0.3) is 5.91 Å². The number of hydrogen-bond acceptors (Lipinski definition) is 4. The van der Waals surface area contributed by atoms with Crippen LogP contribution in [0.2, 0.25) is 0 Å². The minimum absolute atomic E-state index is 0.00688. The largest absolute Gasteiger partial charge is 0.372 e. The molecule has 0 atom stereocenters. The van der Waals surface area contributed by atoms with Gasteiger partial charge in [-0.05, 0) is 69.2 Å². The molecule has 0 saturated carbocycles. The Kier molecular flexibility index (Phi) is 7.95. The molecule has 0 fully saturated rings. The molecule has 0 aliphatic carbocycles. The first-order valence-electron chi connectivity index (χ1n) is 9.90. The van der Waals surface area contributed by atoms with Gasteiger partial charge in [-0.15, -0.1) is 0 Å². The van der Waals surface area contributed by atoms with E-state index in [-0.39, 0.29) is 18.6 Å². The molecular weight excluding hydrogens is 366 g/mol. The zero-order valence-electron chi connectivity index (χ0n) is 17.5. The number of carbonyl (C=O) groups is 3. The van der Waals surface area contributed by atoms with Gasteiger partial charge < -0.3 is 4.90 Å². The summed E-state index contributed by atoms with van der Waals surface area (Å²) in [6.07, 6.45) is 0.0930. The van der Waals surface area contributed by atoms with Crippen molar-refractivity contribution in [3.63, 3.8) is 0 Å². The molecule has 0 spiro atoms. The van der Waals surface area contributed by atoms with Crippen LogP contribution in [-0.4, -0.2) is 30.7 Å². The van der Waals surface area contributed by atoms with Gasteiger partial charge in [0, 0.05) is 42.7 Å². The summed E-state index contributed by atoms with van der Waals surface area (Å²) in [6, 6.07) is 12.7. The highest BCUT2D eigenvalue weighted by Crippen LogP contribution is 2.15. The quantitative estimate of drug-likeness (QED) is 0.529. The van der Waals surface area contributed by atoms with E-state index in [1.165, 1.54) is 0 Å². The number of anilines is 1. The summed E-state index contributed by atoms with van der Waals surface area (Å²) in [5, 5.41) is 0. The van der Waals surface area contributed by atoms with Gasteiger partial charge in [-0.3, -0.25) is 25.2 Å². The normalized spacial score (nSPS) is 10.3. The van der Waals surface area contributed by atoms with Gasteiger partial charge in [-0.1, -0.05) is 12.1 Å². The lowest BCUT2D eigenvalue weighted by molar-refractivity contribution is -0.121. The Morgan fingerprint density at radius 1 is 0.793 bits per heavy atom. The van der Waals surface area contributed by atoms with Crippen molar-refractivity contribution in [3.05, 3.63) is 64.7 Å². The molecule has 0 saturated heterocycles. The summed E-state index contributed by atoms with van der Waals surface area (Å²) in [5.74, 6) is -0.901. The number of nitrogens with one attached hydrogen (secondary N) is 2. The van der Waals surface area contributed by atoms with Crippen molar-refractivity contribution in [2.75, 3.05) is 18.0 Å². The molecule has 0 aromatic heterocycles. The van der Waals surface area contributed by atoms with Crippen molar-refractivity contribution in [2.24, 2.45) is 0 Å². The fourth-order valence-electron chi connectivity index (χ4n) is 2.96. The van der Waals surface area contributed by atoms with Crippen molar-refractivity contribution in [1.29, 1.82) is 0 Å². The predicted molar refractivity (Wildman–Crippen MR) is 115 cm³/mol. The van der Waals surface area contributed by atoms with Gasteiger partial charge >= 0.3 is 0 Å². The standard InChI is InChI=1S/C23H29N3O3/c1-5-26(6-2)20-11-9-18(10-12-20)23(29)25-24-22(28)14-13-21(27)19-8-7-16(3)17(4)15-19/h7-12,15H,5-6,13-14H2,1-4H3,(H,24,28)(H,25,29). The number of amides is 2. The minimum Gasteiger partial charge on any atom is -0.372 e. The van der Waals surface area contributed by atoms with Crippen LogP contribution in [-0.2, 0) is 4.79 Å². The van der Waals surface area contributed by atoms with E-state index >= 15 is 0 Å². The van der Waals surface area contributed by atoms with Crippen LogP contribution in [0.15, 0.2) is 42.5 Å². The molecule has 0 aliphatic heterocycles. The lowest BCUT2D eigenvalue weighted by atomic mass is 10.0. The van der Waals surface area contributed by atoms with E-state index in [9.17, 15) is 14.4 Å². The molecule has 0 unspecified atom stereocenters. The van der Waals surface area contributed by atoms with Crippen molar-refractivity contribution >= 4 is 23.3 Å². The van der Waals surface area contributed by atoms with E-state index in [1.54, 1.807) is 18.2 Å². The third-order valence-corrected chi connectivity index (χ3v) is 4.98. The third kappa shape index (κ3) is 6.17. The second-order valence-electron chi connectivity index (χ2n) is 6.94. The molecule has 2 aromatic carbocycles. The first-order chi connectivity index (χ1) is 13.8. The Labute approximate surface area is 172 Å². The molecule has 6 nitrogen and oxygen atoms in total. The second kappa shape index (κ2) is 10.4. The van der Waals surface area contributed by atoms with Gasteiger partial charge in [-0.2, -0.15) is 0 Å². The minimum atomic E-state index is -0.407. The summed E-state index contributed by atoms with van der Waals surface area (Å²) in [6.45, 7) is 9.85. The molecule has 2 rings (SSSR count). The molecular formula is C23H29N3O3. The Morgan fingerprint density at radius 2 is 1.41 bits per heavy atom. The van der Waals surface area contributed by atoms with E-state index in [0.717, 1.165) is 29.9 Å². The van der Waals surface area contributed by atoms with Gasteiger partial charge in [-0.25, -0.2) is 0 Å². The Balaban J connectivity index is 1.81. The number of nitrogens with zero attached hydrogens (tertiary/aromatic N) is 1. The molecule has 0 radical (unpaired) electrons. The number of hydrogen-bond donors (Lipinski definition) is 2. The third-order valence-electron chi connectivity index (χ3n) is 4.98. The zero-order valence-corrected chi connectivity index (χ0v) is 17.5. The van der Waals surface area contributed by atoms with Gasteiger partial charge in [0.05, 0.1) is 0 Å². The average Bonchev–Trinajstić information content (AvgIpc) is 2.73. The van der Waals surface area contributed by atoms with Gasteiger partial charge in [0.1, 0.15) is 0 Å². The van der Waals surface area contributed by atoms with Gasteiger partial charge in [0.2, 0.25) is 5.91 Å². The van der Waals surface area contributed by atoms with E-state index in [2.05, 4.69) is 29.6 Å². The van der Waals surface area contributed by atoms with E-state index in [4.69, 9.17) is 0 Å². The molecule has 0 bridgehead atoms. The molecule has 6 heteroatoms. The van der Waals surface area contributed by atoms with Crippen LogP contribution >= 0.6 is 0 Å². The molecule has 0 aliphatic rings. The number of rotatable bonds is 8. The molecule has 0 heterocycles. The average molecular weight is 396 g/mol. The van der Waals surface area contributed by atoms with Crippen LogP contribution in [0.4, 0.5) is 5.69 Å². The van der Waals surface area contributed by atoms with Crippen LogP contribution in [0.1, 0.15) is 58.5 Å². The fraction of sp³-hybridized carbons (Fsp3) is 0.348. The Hall–Kier alpha value is -3.15.